The number of nitrogens with one attached hydrogen (secondary N) is 2. The normalized spacial score (nSPS) is 15.2. The summed E-state index contributed by atoms with van der Waals surface area (Å²) in [7, 11) is 2.14. The van der Waals surface area contributed by atoms with Crippen LogP contribution < -0.4 is 21.3 Å². The predicted molar refractivity (Wildman–Crippen MR) is 242 cm³/mol. The standard InChI is InChI=1S/C51H50N6O3/c1-56-28-30-57(31-29-56)43-23-25-46(47(36-43)53-42-26-32-60-33-27-42)50(59)54-49(52)45-24-22-38(21-20-37-12-11-19-44(58)34-37)35-48(45)55-51(39-13-5-2-6-14-39,40-15-7-3-8-16-40)41-17-9-4-10-18-41/h2-19,22-25,34-36,42,53,55,58H,26-33H2,1H3,(H2,52,54,59). The Balaban J connectivity index is 1.24. The number of phenolic OH excluding ortho intramolecular Hbond substituents is 1. The summed E-state index contributed by atoms with van der Waals surface area (Å²) in [6.45, 7) is 5.11. The van der Waals surface area contributed by atoms with Crippen molar-refractivity contribution in [2.24, 2.45) is 10.7 Å². The Hall–Kier alpha value is -6.86. The highest BCUT2D eigenvalue weighted by atomic mass is 16.5. The topological polar surface area (TPSA) is 115 Å². The molecule has 0 aliphatic carbocycles. The van der Waals surface area contributed by atoms with Gasteiger partial charge in [-0.15, -0.1) is 0 Å². The summed E-state index contributed by atoms with van der Waals surface area (Å²) in [5, 5.41) is 17.7. The molecule has 2 saturated heterocycles. The lowest BCUT2D eigenvalue weighted by Crippen LogP contribution is -2.44. The summed E-state index contributed by atoms with van der Waals surface area (Å²) in [4.78, 5) is 23.7. The van der Waals surface area contributed by atoms with Gasteiger partial charge in [0.15, 0.2) is 0 Å². The number of piperazine rings is 1. The summed E-state index contributed by atoms with van der Waals surface area (Å²) in [6.07, 6.45) is 1.69. The van der Waals surface area contributed by atoms with E-state index in [1.807, 2.05) is 91.0 Å². The molecule has 302 valence electrons. The maximum atomic E-state index is 14.4. The van der Waals surface area contributed by atoms with E-state index in [9.17, 15) is 9.90 Å². The molecule has 6 aromatic carbocycles. The van der Waals surface area contributed by atoms with Gasteiger partial charge in [-0.3, -0.25) is 4.79 Å². The molecular weight excluding hydrogens is 745 g/mol. The minimum Gasteiger partial charge on any atom is -0.508 e. The molecule has 2 aliphatic rings. The van der Waals surface area contributed by atoms with E-state index in [1.54, 1.807) is 18.2 Å². The van der Waals surface area contributed by atoms with Crippen molar-refractivity contribution < 1.29 is 14.6 Å². The number of carbonyl (C=O) groups is 1. The van der Waals surface area contributed by atoms with Crippen molar-refractivity contribution in [3.05, 3.63) is 191 Å². The molecule has 0 radical (unpaired) electrons. The maximum absolute atomic E-state index is 14.4. The number of phenols is 1. The number of nitrogens with two attached hydrogens (primary N) is 1. The van der Waals surface area contributed by atoms with Gasteiger partial charge in [0.25, 0.3) is 5.91 Å². The zero-order valence-electron chi connectivity index (χ0n) is 33.9. The van der Waals surface area contributed by atoms with Gasteiger partial charge < -0.3 is 36.0 Å². The second kappa shape index (κ2) is 18.4. The molecule has 9 heteroatoms. The predicted octanol–water partition coefficient (Wildman–Crippen LogP) is 8.08. The van der Waals surface area contributed by atoms with Crippen LogP contribution in [0.25, 0.3) is 0 Å². The van der Waals surface area contributed by atoms with Crippen molar-refractivity contribution in [1.82, 2.24) is 4.90 Å². The molecule has 0 unspecified atom stereocenters. The molecule has 0 bridgehead atoms. The molecule has 2 fully saturated rings. The lowest BCUT2D eigenvalue weighted by molar-refractivity contribution is 0.0904. The van der Waals surface area contributed by atoms with Crippen molar-refractivity contribution >= 4 is 28.8 Å². The van der Waals surface area contributed by atoms with Crippen LogP contribution in [0.2, 0.25) is 0 Å². The molecule has 8 rings (SSSR count). The van der Waals surface area contributed by atoms with E-state index in [1.165, 1.54) is 0 Å². The van der Waals surface area contributed by atoms with E-state index in [4.69, 9.17) is 10.5 Å². The number of anilines is 3. The van der Waals surface area contributed by atoms with Crippen LogP contribution in [0.15, 0.2) is 157 Å². The molecule has 9 nitrogen and oxygen atoms in total. The van der Waals surface area contributed by atoms with E-state index in [0.717, 1.165) is 67.1 Å². The van der Waals surface area contributed by atoms with Crippen molar-refractivity contribution in [2.75, 3.05) is 62.0 Å². The van der Waals surface area contributed by atoms with Crippen LogP contribution in [-0.4, -0.2) is 74.2 Å². The molecule has 1 amide bonds. The first kappa shape index (κ1) is 39.9. The Labute approximate surface area is 352 Å². The number of hydrogen-bond donors (Lipinski definition) is 4. The van der Waals surface area contributed by atoms with Gasteiger partial charge in [-0.25, -0.2) is 0 Å². The number of amides is 1. The first-order valence-corrected chi connectivity index (χ1v) is 20.6. The summed E-state index contributed by atoms with van der Waals surface area (Å²) in [6, 6.07) is 49.6. The van der Waals surface area contributed by atoms with E-state index in [2.05, 4.69) is 86.8 Å². The van der Waals surface area contributed by atoms with Gasteiger partial charge in [0.2, 0.25) is 0 Å². The van der Waals surface area contributed by atoms with E-state index >= 15 is 0 Å². The van der Waals surface area contributed by atoms with Gasteiger partial charge in [0.1, 0.15) is 17.1 Å². The zero-order valence-corrected chi connectivity index (χ0v) is 33.9. The Kier molecular flexibility index (Phi) is 12.2. The average molecular weight is 795 g/mol. The van der Waals surface area contributed by atoms with Crippen molar-refractivity contribution in [3.8, 4) is 17.6 Å². The maximum Gasteiger partial charge on any atom is 0.281 e. The van der Waals surface area contributed by atoms with E-state index < -0.39 is 11.4 Å². The van der Waals surface area contributed by atoms with Crippen LogP contribution in [0.5, 0.6) is 5.75 Å². The number of aliphatic imine (C=N–C) groups is 1. The lowest BCUT2D eigenvalue weighted by Gasteiger charge is -2.38. The number of hydrogen-bond acceptors (Lipinski definition) is 7. The highest BCUT2D eigenvalue weighted by Gasteiger charge is 2.37. The third kappa shape index (κ3) is 9.06. The van der Waals surface area contributed by atoms with Crippen LogP contribution in [-0.2, 0) is 10.3 Å². The zero-order chi connectivity index (χ0) is 41.3. The minimum atomic E-state index is -0.903. The molecule has 6 aromatic rings. The fourth-order valence-corrected chi connectivity index (χ4v) is 8.05. The average Bonchev–Trinajstić information content (AvgIpc) is 3.29. The summed E-state index contributed by atoms with van der Waals surface area (Å²) >= 11 is 0. The molecule has 2 aliphatic heterocycles. The monoisotopic (exact) mass is 794 g/mol. The Bertz CT molecular complexity index is 2400. The summed E-state index contributed by atoms with van der Waals surface area (Å²) in [5.41, 5.74) is 13.9. The van der Waals surface area contributed by atoms with Crippen LogP contribution >= 0.6 is 0 Å². The smallest absolute Gasteiger partial charge is 0.281 e. The molecule has 0 aromatic heterocycles. The van der Waals surface area contributed by atoms with Gasteiger partial charge in [-0.1, -0.05) is 109 Å². The molecule has 5 N–H and O–H groups in total. The fraction of sp³-hybridized carbons (Fsp3) is 0.216. The van der Waals surface area contributed by atoms with E-state index in [0.29, 0.717) is 41.2 Å². The first-order valence-electron chi connectivity index (χ1n) is 20.6. The van der Waals surface area contributed by atoms with E-state index in [-0.39, 0.29) is 17.6 Å². The van der Waals surface area contributed by atoms with Crippen LogP contribution in [0, 0.1) is 11.8 Å². The number of carbonyl (C=O) groups excluding carboxylic acids is 1. The Morgan fingerprint density at radius 1 is 0.700 bits per heavy atom. The highest BCUT2D eigenvalue weighted by molar-refractivity contribution is 6.13. The largest absolute Gasteiger partial charge is 0.508 e. The number of amidine groups is 1. The Morgan fingerprint density at radius 2 is 1.28 bits per heavy atom. The summed E-state index contributed by atoms with van der Waals surface area (Å²) < 4.78 is 5.64. The number of benzene rings is 6. The number of rotatable bonds is 10. The third-order valence-corrected chi connectivity index (χ3v) is 11.3. The lowest BCUT2D eigenvalue weighted by atomic mass is 9.76. The molecule has 2 heterocycles. The van der Waals surface area contributed by atoms with Gasteiger partial charge in [-0.05, 0) is 91.2 Å². The van der Waals surface area contributed by atoms with Crippen LogP contribution in [0.4, 0.5) is 17.1 Å². The SMILES string of the molecule is CN1CCN(c2ccc(C(=O)N=C(N)c3ccc(C#Cc4cccc(O)c4)cc3NC(c3ccccc3)(c3ccccc3)c3ccccc3)c(NC3CCOCC3)c2)CC1. The van der Waals surface area contributed by atoms with Gasteiger partial charge >= 0.3 is 0 Å². The highest BCUT2D eigenvalue weighted by Crippen LogP contribution is 2.41. The summed E-state index contributed by atoms with van der Waals surface area (Å²) in [5.74, 6) is 6.23. The molecule has 60 heavy (non-hydrogen) atoms. The fourth-order valence-electron chi connectivity index (χ4n) is 8.05. The van der Waals surface area contributed by atoms with Gasteiger partial charge in [0, 0.05) is 79.2 Å². The number of likely N-dealkylation sites (N-methyl/N-ethyl adjacent to an activating group) is 1. The quantitative estimate of drug-likeness (QED) is 0.0477. The Morgan fingerprint density at radius 3 is 1.88 bits per heavy atom. The van der Waals surface area contributed by atoms with Crippen molar-refractivity contribution in [2.45, 2.75) is 24.4 Å². The third-order valence-electron chi connectivity index (χ3n) is 11.3. The molecular formula is C51H50N6O3. The molecule has 0 atom stereocenters. The van der Waals surface area contributed by atoms with Crippen LogP contribution in [0.1, 0.15) is 56.6 Å². The first-order chi connectivity index (χ1) is 29.4. The number of nitrogens with zero attached hydrogens (tertiary/aromatic N) is 3. The van der Waals surface area contributed by atoms with Crippen molar-refractivity contribution in [3.63, 3.8) is 0 Å². The van der Waals surface area contributed by atoms with Gasteiger partial charge in [-0.2, -0.15) is 4.99 Å². The van der Waals surface area contributed by atoms with Gasteiger partial charge in [0.05, 0.1) is 5.56 Å². The number of aromatic hydroxyl groups is 1. The number of ether oxygens (including phenoxy) is 1. The second-order valence-electron chi connectivity index (χ2n) is 15.4. The van der Waals surface area contributed by atoms with Crippen LogP contribution in [0.3, 0.4) is 0 Å². The second-order valence-corrected chi connectivity index (χ2v) is 15.4. The minimum absolute atomic E-state index is 0.0678. The molecule has 0 spiro atoms. The molecule has 0 saturated carbocycles. The van der Waals surface area contributed by atoms with Crippen molar-refractivity contribution in [1.29, 1.82) is 0 Å².